The molecule has 1 N–H and O–H groups in total. The summed E-state index contributed by atoms with van der Waals surface area (Å²) in [6, 6.07) is 14.1. The van der Waals surface area contributed by atoms with Gasteiger partial charge in [-0.1, -0.05) is 19.4 Å². The Morgan fingerprint density at radius 2 is 1.94 bits per heavy atom. The highest BCUT2D eigenvalue weighted by atomic mass is 19.4. The van der Waals surface area contributed by atoms with E-state index in [9.17, 15) is 23.2 Å². The SMILES string of the molecule is CCCC(C)[NH+]([O-])N(/C(C)=C(\C=O)c1ccnn1-c1ccc(C#N)cc1)c1cccc(C(F)(F)F)c1. The second-order valence-corrected chi connectivity index (χ2v) is 8.32. The fourth-order valence-electron chi connectivity index (χ4n) is 3.93. The molecule has 0 aliphatic heterocycles. The van der Waals surface area contributed by atoms with E-state index < -0.39 is 23.0 Å². The quantitative estimate of drug-likeness (QED) is 0.263. The number of carbonyl (C=O) groups is 1. The topological polar surface area (TPSA) is 89.4 Å². The van der Waals surface area contributed by atoms with Gasteiger partial charge < -0.3 is 5.21 Å². The number of nitrogens with one attached hydrogen (secondary N) is 1. The number of rotatable bonds is 9. The normalized spacial score (nSPS) is 13.9. The molecule has 7 nitrogen and oxygen atoms in total. The molecule has 1 aromatic heterocycles. The Labute approximate surface area is 207 Å². The molecule has 0 fully saturated rings. The number of carbonyl (C=O) groups excluding carboxylic acids is 1. The highest BCUT2D eigenvalue weighted by molar-refractivity contribution is 6.08. The van der Waals surface area contributed by atoms with Gasteiger partial charge in [0, 0.05) is 6.42 Å². The molecule has 0 radical (unpaired) electrons. The summed E-state index contributed by atoms with van der Waals surface area (Å²) in [4.78, 5) is 12.3. The van der Waals surface area contributed by atoms with E-state index in [4.69, 9.17) is 5.26 Å². The van der Waals surface area contributed by atoms with E-state index in [0.717, 1.165) is 12.1 Å². The van der Waals surface area contributed by atoms with Crippen molar-refractivity contribution in [2.45, 2.75) is 45.8 Å². The summed E-state index contributed by atoms with van der Waals surface area (Å²) >= 11 is 0. The predicted molar refractivity (Wildman–Crippen MR) is 130 cm³/mol. The van der Waals surface area contributed by atoms with Crippen LogP contribution in [0.1, 0.15) is 50.4 Å². The van der Waals surface area contributed by atoms with Crippen molar-refractivity contribution < 1.29 is 23.1 Å². The number of anilines is 1. The molecule has 2 unspecified atom stereocenters. The van der Waals surface area contributed by atoms with Crippen LogP contribution in [0.2, 0.25) is 0 Å². The molecule has 0 aliphatic carbocycles. The van der Waals surface area contributed by atoms with Crippen LogP contribution in [0.4, 0.5) is 18.9 Å². The Morgan fingerprint density at radius 1 is 1.25 bits per heavy atom. The summed E-state index contributed by atoms with van der Waals surface area (Å²) in [6.07, 6.45) is -1.33. The van der Waals surface area contributed by atoms with Crippen LogP contribution in [0.3, 0.4) is 0 Å². The summed E-state index contributed by atoms with van der Waals surface area (Å²) in [7, 11) is 0. The van der Waals surface area contributed by atoms with E-state index in [2.05, 4.69) is 5.10 Å². The minimum atomic E-state index is -4.60. The Balaban J connectivity index is 2.19. The van der Waals surface area contributed by atoms with Gasteiger partial charge in [0.15, 0.2) is 6.29 Å². The number of quaternary nitrogens is 1. The number of aromatic nitrogens is 2. The third-order valence-electron chi connectivity index (χ3n) is 5.80. The lowest BCUT2D eigenvalue weighted by Gasteiger charge is -2.40. The lowest BCUT2D eigenvalue weighted by Crippen LogP contribution is -3.17. The molecular formula is C26H26F3N5O2. The Morgan fingerprint density at radius 3 is 2.53 bits per heavy atom. The molecule has 0 aliphatic rings. The van der Waals surface area contributed by atoms with Crippen molar-refractivity contribution in [3.8, 4) is 11.8 Å². The number of halogens is 3. The first-order valence-corrected chi connectivity index (χ1v) is 11.3. The van der Waals surface area contributed by atoms with E-state index in [1.54, 1.807) is 37.3 Å². The average molecular weight is 498 g/mol. The molecule has 2 aromatic carbocycles. The van der Waals surface area contributed by atoms with Crippen LogP contribution >= 0.6 is 0 Å². The van der Waals surface area contributed by atoms with Crippen LogP contribution < -0.4 is 10.2 Å². The van der Waals surface area contributed by atoms with Gasteiger partial charge in [-0.3, -0.25) is 9.97 Å². The van der Waals surface area contributed by atoms with Gasteiger partial charge >= 0.3 is 6.18 Å². The van der Waals surface area contributed by atoms with Crippen LogP contribution in [0.25, 0.3) is 11.3 Å². The average Bonchev–Trinajstić information content (AvgIpc) is 3.34. The van der Waals surface area contributed by atoms with Crippen molar-refractivity contribution in [1.29, 1.82) is 5.26 Å². The van der Waals surface area contributed by atoms with Gasteiger partial charge in [0.2, 0.25) is 0 Å². The second-order valence-electron chi connectivity index (χ2n) is 8.32. The largest absolute Gasteiger partial charge is 0.607 e. The molecule has 188 valence electrons. The fraction of sp³-hybridized carbons (Fsp3) is 0.269. The molecule has 3 rings (SSSR count). The number of hydrogen-bond acceptors (Lipinski definition) is 5. The van der Waals surface area contributed by atoms with Gasteiger partial charge in [-0.25, -0.2) is 4.68 Å². The summed E-state index contributed by atoms with van der Waals surface area (Å²) in [6.45, 7) is 5.14. The minimum absolute atomic E-state index is 0.0130. The standard InChI is InChI=1S/C26H26F3N5O2/c1-4-6-18(2)34(36)33(23-8-5-7-21(15-23)26(27,28)29)19(3)24(17-35)25-13-14-31-32(25)22-11-9-20(16-30)10-12-22/h5,7-15,17-18,34H,4,6H2,1-3H3/b24-19+. The zero-order valence-electron chi connectivity index (χ0n) is 20.1. The van der Waals surface area contributed by atoms with Gasteiger partial charge in [-0.2, -0.15) is 28.5 Å². The number of nitriles is 1. The second kappa shape index (κ2) is 11.2. The molecule has 0 spiro atoms. The lowest BCUT2D eigenvalue weighted by atomic mass is 10.1. The van der Waals surface area contributed by atoms with E-state index in [1.807, 2.05) is 13.0 Å². The highest BCUT2D eigenvalue weighted by Crippen LogP contribution is 2.32. The van der Waals surface area contributed by atoms with Crippen molar-refractivity contribution >= 4 is 17.5 Å². The maximum atomic E-state index is 13.5. The highest BCUT2D eigenvalue weighted by Gasteiger charge is 2.32. The molecule has 1 heterocycles. The molecule has 0 saturated heterocycles. The third kappa shape index (κ3) is 5.64. The Bertz CT molecular complexity index is 1280. The summed E-state index contributed by atoms with van der Waals surface area (Å²) in [5, 5.41) is 27.6. The van der Waals surface area contributed by atoms with Gasteiger partial charge in [-0.05, 0) is 62.4 Å². The zero-order valence-corrected chi connectivity index (χ0v) is 20.1. The monoisotopic (exact) mass is 497 g/mol. The van der Waals surface area contributed by atoms with Crippen molar-refractivity contribution in [3.05, 3.63) is 88.5 Å². The van der Waals surface area contributed by atoms with E-state index in [-0.39, 0.29) is 17.0 Å². The first kappa shape index (κ1) is 26.7. The Kier molecular flexibility index (Phi) is 8.29. The molecule has 0 bridgehead atoms. The molecule has 10 heteroatoms. The molecule has 36 heavy (non-hydrogen) atoms. The number of benzene rings is 2. The van der Waals surface area contributed by atoms with Crippen molar-refractivity contribution in [3.63, 3.8) is 0 Å². The van der Waals surface area contributed by atoms with Crippen LogP contribution in [-0.2, 0) is 11.0 Å². The number of nitrogens with zero attached hydrogens (tertiary/aromatic N) is 4. The predicted octanol–water partition coefficient (Wildman–Crippen LogP) is 4.69. The summed E-state index contributed by atoms with van der Waals surface area (Å²) in [5.41, 5.74) is 0.737. The van der Waals surface area contributed by atoms with Gasteiger partial charge in [-0.15, -0.1) is 0 Å². The first-order valence-electron chi connectivity index (χ1n) is 11.3. The number of allylic oxidation sites excluding steroid dienone is 2. The molecule has 2 atom stereocenters. The molecule has 0 amide bonds. The summed E-state index contributed by atoms with van der Waals surface area (Å²) < 4.78 is 41.8. The fourth-order valence-corrected chi connectivity index (χ4v) is 3.93. The van der Waals surface area contributed by atoms with Crippen LogP contribution in [0.15, 0.2) is 66.5 Å². The molecule has 3 aromatic rings. The molecule has 0 saturated carbocycles. The molecular weight excluding hydrogens is 471 g/mol. The number of hydroxylamine groups is 1. The van der Waals surface area contributed by atoms with Crippen molar-refractivity contribution in [2.24, 2.45) is 0 Å². The van der Waals surface area contributed by atoms with Crippen LogP contribution in [0.5, 0.6) is 0 Å². The van der Waals surface area contributed by atoms with Crippen LogP contribution in [0, 0.1) is 16.5 Å². The van der Waals surface area contributed by atoms with Gasteiger partial charge in [0.1, 0.15) is 6.04 Å². The van der Waals surface area contributed by atoms with Gasteiger partial charge in [0.25, 0.3) is 0 Å². The first-order chi connectivity index (χ1) is 17.1. The van der Waals surface area contributed by atoms with E-state index in [0.29, 0.717) is 36.1 Å². The Hall–Kier alpha value is -3.94. The zero-order chi connectivity index (χ0) is 26.5. The van der Waals surface area contributed by atoms with Crippen molar-refractivity contribution in [2.75, 3.05) is 5.01 Å². The van der Waals surface area contributed by atoms with E-state index in [1.165, 1.54) is 34.9 Å². The lowest BCUT2D eigenvalue weighted by molar-refractivity contribution is -0.879. The number of hydrogen-bond donors (Lipinski definition) is 1. The third-order valence-corrected chi connectivity index (χ3v) is 5.80. The minimum Gasteiger partial charge on any atom is -0.607 e. The van der Waals surface area contributed by atoms with E-state index >= 15 is 0 Å². The van der Waals surface area contributed by atoms with Crippen molar-refractivity contribution in [1.82, 2.24) is 9.78 Å². The number of alkyl halides is 3. The summed E-state index contributed by atoms with van der Waals surface area (Å²) in [5.74, 6) is 0. The van der Waals surface area contributed by atoms with Crippen LogP contribution in [-0.4, -0.2) is 22.1 Å². The maximum absolute atomic E-state index is 13.5. The van der Waals surface area contributed by atoms with Gasteiger partial charge in [0.05, 0.1) is 51.7 Å². The maximum Gasteiger partial charge on any atom is 0.416 e. The smallest absolute Gasteiger partial charge is 0.416 e. The number of aldehydes is 1.